The first-order chi connectivity index (χ1) is 21.1. The summed E-state index contributed by atoms with van der Waals surface area (Å²) >= 11 is 13.5. The molecule has 0 radical (unpaired) electrons. The van der Waals surface area contributed by atoms with Gasteiger partial charge in [0.2, 0.25) is 5.88 Å². The number of aryl methyl sites for hydroxylation is 1. The maximum Gasteiger partial charge on any atom is 0.277 e. The molecule has 0 saturated heterocycles. The summed E-state index contributed by atoms with van der Waals surface area (Å²) in [6.45, 7) is 0.461. The van der Waals surface area contributed by atoms with Crippen LogP contribution in [0.1, 0.15) is 41.6 Å². The normalized spacial score (nSPS) is 16.5. The van der Waals surface area contributed by atoms with Gasteiger partial charge in [0.05, 0.1) is 34.6 Å². The Hall–Kier alpha value is -4.03. The maximum atomic E-state index is 14.9. The van der Waals surface area contributed by atoms with Crippen molar-refractivity contribution in [3.05, 3.63) is 96.2 Å². The van der Waals surface area contributed by atoms with E-state index in [2.05, 4.69) is 20.7 Å². The summed E-state index contributed by atoms with van der Waals surface area (Å²) in [4.78, 5) is 41.7. The number of nitrogens with one attached hydrogen (secondary N) is 3. The molecule has 1 fully saturated rings. The van der Waals surface area contributed by atoms with Crippen LogP contribution < -0.4 is 26.5 Å². The lowest BCUT2D eigenvalue weighted by Crippen LogP contribution is -2.41. The van der Waals surface area contributed by atoms with E-state index in [1.807, 2.05) is 6.07 Å². The zero-order valence-corrected chi connectivity index (χ0v) is 25.4. The van der Waals surface area contributed by atoms with Crippen LogP contribution in [0, 0.1) is 5.82 Å². The molecule has 4 aromatic rings. The number of benzene rings is 2. The number of carbonyl (C=O) groups is 1. The van der Waals surface area contributed by atoms with Gasteiger partial charge in [0.25, 0.3) is 17.0 Å². The number of methoxy groups -OCH3 is 1. The summed E-state index contributed by atoms with van der Waals surface area (Å²) in [6, 6.07) is 11.8. The molecule has 1 aliphatic carbocycles. The van der Waals surface area contributed by atoms with Gasteiger partial charge in [0.1, 0.15) is 11.4 Å². The van der Waals surface area contributed by atoms with Crippen LogP contribution in [0.4, 0.5) is 10.1 Å². The molecule has 5 rings (SSSR count). The number of halogens is 3. The number of aliphatic hydroxyl groups excluding tert-OH is 1. The number of hydrogen-bond donors (Lipinski definition) is 4. The predicted octanol–water partition coefficient (Wildman–Crippen LogP) is 4.90. The van der Waals surface area contributed by atoms with Crippen LogP contribution >= 0.6 is 23.2 Å². The van der Waals surface area contributed by atoms with Crippen molar-refractivity contribution in [1.82, 2.24) is 20.1 Å². The molecule has 0 spiro atoms. The molecule has 230 valence electrons. The van der Waals surface area contributed by atoms with Gasteiger partial charge in [-0.15, -0.1) is 0 Å². The Labute approximate surface area is 261 Å². The molecular weight excluding hydrogens is 612 g/mol. The number of H-pyrrole nitrogens is 1. The molecule has 0 unspecified atom stereocenters. The first kappa shape index (κ1) is 31.4. The monoisotopic (exact) mass is 641 g/mol. The quantitative estimate of drug-likeness (QED) is 0.215. The molecule has 1 amide bonds. The number of aromatic amines is 1. The standard InChI is InChI=1S/C31H30Cl2FN5O5/c1-39-31(43)21(14-26(41)38-39)29(42)36-24-13-17(34)12-20(28(24)33)18-6-5-7-19(27(18)32)22-11-10-16(30(37-22)44-2)15-35-23-8-3-4-9-25(23)40/h5-7,10-14,23,25,35,40H,3-4,8-9,15H2,1-2H3,(H,36,42)(H,38,41)/t23-,25+/m1/s1. The molecule has 1 aliphatic rings. The Balaban J connectivity index is 1.45. The number of nitrogens with zero attached hydrogens (tertiary/aromatic N) is 2. The molecule has 2 aromatic carbocycles. The number of ether oxygens (including phenoxy) is 1. The Morgan fingerprint density at radius 3 is 2.59 bits per heavy atom. The summed E-state index contributed by atoms with van der Waals surface area (Å²) in [5.41, 5.74) is 0.433. The molecule has 0 aliphatic heterocycles. The van der Waals surface area contributed by atoms with E-state index in [0.29, 0.717) is 29.2 Å². The van der Waals surface area contributed by atoms with Gasteiger partial charge in [-0.05, 0) is 31.0 Å². The highest BCUT2D eigenvalue weighted by Crippen LogP contribution is 2.42. The van der Waals surface area contributed by atoms with Crippen molar-refractivity contribution in [1.29, 1.82) is 0 Å². The Morgan fingerprint density at radius 2 is 1.84 bits per heavy atom. The van der Waals surface area contributed by atoms with E-state index in [-0.39, 0.29) is 33.4 Å². The van der Waals surface area contributed by atoms with E-state index < -0.39 is 28.4 Å². The van der Waals surface area contributed by atoms with E-state index >= 15 is 0 Å². The molecule has 13 heteroatoms. The Kier molecular flexibility index (Phi) is 9.50. The lowest BCUT2D eigenvalue weighted by molar-refractivity contribution is 0.0901. The van der Waals surface area contributed by atoms with Gasteiger partial charge < -0.3 is 20.5 Å². The van der Waals surface area contributed by atoms with Crippen molar-refractivity contribution in [3.63, 3.8) is 0 Å². The van der Waals surface area contributed by atoms with E-state index in [0.717, 1.165) is 48.1 Å². The van der Waals surface area contributed by atoms with Gasteiger partial charge in [0, 0.05) is 48.0 Å². The zero-order valence-electron chi connectivity index (χ0n) is 23.9. The summed E-state index contributed by atoms with van der Waals surface area (Å²) in [5.74, 6) is -1.26. The molecule has 10 nitrogen and oxygen atoms in total. The minimum atomic E-state index is -0.932. The third-order valence-corrected chi connectivity index (χ3v) is 8.41. The van der Waals surface area contributed by atoms with Crippen molar-refractivity contribution in [3.8, 4) is 28.3 Å². The van der Waals surface area contributed by atoms with Crippen LogP contribution in [0.2, 0.25) is 10.0 Å². The number of amides is 1. The van der Waals surface area contributed by atoms with Gasteiger partial charge in [-0.1, -0.05) is 60.3 Å². The summed E-state index contributed by atoms with van der Waals surface area (Å²) < 4.78 is 21.3. The van der Waals surface area contributed by atoms with Gasteiger partial charge in [0.15, 0.2) is 0 Å². The molecule has 2 aromatic heterocycles. The first-order valence-electron chi connectivity index (χ1n) is 13.9. The van der Waals surface area contributed by atoms with Crippen LogP contribution in [0.15, 0.2) is 58.1 Å². The smallest absolute Gasteiger partial charge is 0.277 e. The Morgan fingerprint density at radius 1 is 1.09 bits per heavy atom. The minimum Gasteiger partial charge on any atom is -0.481 e. The summed E-state index contributed by atoms with van der Waals surface area (Å²) in [6.07, 6.45) is 3.37. The van der Waals surface area contributed by atoms with Crippen LogP contribution in [-0.2, 0) is 13.6 Å². The lowest BCUT2D eigenvalue weighted by atomic mass is 9.92. The fourth-order valence-corrected chi connectivity index (χ4v) is 5.89. The van der Waals surface area contributed by atoms with Gasteiger partial charge in [-0.3, -0.25) is 24.2 Å². The SMILES string of the molecule is COc1nc(-c2cccc(-c3cc(F)cc(NC(=O)c4cc(=O)[nH]n(C)c4=O)c3Cl)c2Cl)ccc1CN[C@@H]1CCCC[C@@H]1O. The highest BCUT2D eigenvalue weighted by atomic mass is 35.5. The van der Waals surface area contributed by atoms with Crippen molar-refractivity contribution >= 4 is 34.8 Å². The average molecular weight is 643 g/mol. The second kappa shape index (κ2) is 13.3. The minimum absolute atomic E-state index is 0.00525. The number of hydrogen-bond acceptors (Lipinski definition) is 7. The maximum absolute atomic E-state index is 14.9. The molecule has 2 heterocycles. The number of carbonyl (C=O) groups excluding carboxylic acids is 1. The molecule has 44 heavy (non-hydrogen) atoms. The van der Waals surface area contributed by atoms with Crippen LogP contribution in [0.5, 0.6) is 5.88 Å². The largest absolute Gasteiger partial charge is 0.481 e. The highest BCUT2D eigenvalue weighted by Gasteiger charge is 2.24. The molecular formula is C31H30Cl2FN5O5. The number of anilines is 1. The third kappa shape index (κ3) is 6.56. The zero-order chi connectivity index (χ0) is 31.5. The average Bonchev–Trinajstić information content (AvgIpc) is 3.00. The lowest BCUT2D eigenvalue weighted by Gasteiger charge is -2.28. The van der Waals surface area contributed by atoms with Crippen LogP contribution in [0.25, 0.3) is 22.4 Å². The first-order valence-corrected chi connectivity index (χ1v) is 14.7. The fourth-order valence-electron chi connectivity index (χ4n) is 5.31. The Bertz CT molecular complexity index is 1840. The topological polar surface area (TPSA) is 138 Å². The number of aromatic nitrogens is 3. The van der Waals surface area contributed by atoms with Crippen molar-refractivity contribution in [2.45, 2.75) is 44.4 Å². The van der Waals surface area contributed by atoms with Crippen molar-refractivity contribution in [2.24, 2.45) is 7.05 Å². The summed E-state index contributed by atoms with van der Waals surface area (Å²) in [5, 5.41) is 18.6. The van der Waals surface area contributed by atoms with Crippen LogP contribution in [-0.4, -0.2) is 45.0 Å². The van der Waals surface area contributed by atoms with Gasteiger partial charge in [-0.25, -0.2) is 9.37 Å². The second-order valence-electron chi connectivity index (χ2n) is 10.5. The molecule has 0 bridgehead atoms. The number of rotatable bonds is 8. The molecule has 2 atom stereocenters. The van der Waals surface area contributed by atoms with E-state index in [1.165, 1.54) is 20.2 Å². The molecule has 1 saturated carbocycles. The fraction of sp³-hybridized carbons (Fsp3) is 0.290. The highest BCUT2D eigenvalue weighted by molar-refractivity contribution is 6.39. The van der Waals surface area contributed by atoms with E-state index in [9.17, 15) is 23.9 Å². The molecule has 4 N–H and O–H groups in total. The number of pyridine rings is 1. The number of aliphatic hydroxyl groups is 1. The predicted molar refractivity (Wildman–Crippen MR) is 167 cm³/mol. The van der Waals surface area contributed by atoms with Crippen molar-refractivity contribution < 1.29 is 19.0 Å². The third-order valence-electron chi connectivity index (χ3n) is 7.60. The van der Waals surface area contributed by atoms with E-state index in [4.69, 9.17) is 27.9 Å². The van der Waals surface area contributed by atoms with E-state index in [1.54, 1.807) is 24.3 Å². The van der Waals surface area contributed by atoms with Gasteiger partial charge >= 0.3 is 0 Å². The van der Waals surface area contributed by atoms with Crippen molar-refractivity contribution in [2.75, 3.05) is 12.4 Å². The second-order valence-corrected chi connectivity index (χ2v) is 11.3. The summed E-state index contributed by atoms with van der Waals surface area (Å²) in [7, 11) is 2.81. The van der Waals surface area contributed by atoms with Crippen LogP contribution in [0.3, 0.4) is 0 Å². The van der Waals surface area contributed by atoms with Gasteiger partial charge in [-0.2, -0.15) is 0 Å².